The number of methoxy groups -OCH3 is 2. The van der Waals surface area contributed by atoms with Gasteiger partial charge in [0.25, 0.3) is 0 Å². The second-order valence-electron chi connectivity index (χ2n) is 6.34. The van der Waals surface area contributed by atoms with Gasteiger partial charge >= 0.3 is 0 Å². The first-order chi connectivity index (χ1) is 13.2. The second kappa shape index (κ2) is 7.11. The van der Waals surface area contributed by atoms with Gasteiger partial charge in [-0.3, -0.25) is 0 Å². The van der Waals surface area contributed by atoms with E-state index in [0.29, 0.717) is 5.95 Å². The van der Waals surface area contributed by atoms with Gasteiger partial charge < -0.3 is 19.4 Å². The Labute approximate surface area is 157 Å². The topological polar surface area (TPSA) is 76.2 Å². The lowest BCUT2D eigenvalue weighted by molar-refractivity contribution is 0.354. The molecular weight excluding hydrogens is 342 g/mol. The van der Waals surface area contributed by atoms with E-state index in [0.717, 1.165) is 52.1 Å². The number of benzene rings is 2. The normalized spacial score (nSPS) is 11.1. The zero-order chi connectivity index (χ0) is 18.8. The molecule has 2 aromatic heterocycles. The smallest absolute Gasteiger partial charge is 0.247 e. The number of aromatic nitrogens is 4. The van der Waals surface area contributed by atoms with E-state index in [1.165, 1.54) is 0 Å². The van der Waals surface area contributed by atoms with Crippen LogP contribution in [0.1, 0.15) is 5.56 Å². The van der Waals surface area contributed by atoms with Crippen LogP contribution in [0.25, 0.3) is 22.1 Å². The van der Waals surface area contributed by atoms with Gasteiger partial charge in [0.2, 0.25) is 5.95 Å². The van der Waals surface area contributed by atoms with Crippen LogP contribution in [0.15, 0.2) is 42.5 Å². The molecule has 0 aliphatic carbocycles. The van der Waals surface area contributed by atoms with Crippen molar-refractivity contribution in [3.05, 3.63) is 48.0 Å². The largest absolute Gasteiger partial charge is 0.493 e. The lowest BCUT2D eigenvalue weighted by Crippen LogP contribution is -2.23. The van der Waals surface area contributed by atoms with Crippen LogP contribution in [-0.2, 0) is 6.42 Å². The Morgan fingerprint density at radius 1 is 1.00 bits per heavy atom. The maximum absolute atomic E-state index is 5.37. The molecule has 0 unspecified atom stereocenters. The lowest BCUT2D eigenvalue weighted by Gasteiger charge is -2.16. The number of anilines is 1. The first-order valence-corrected chi connectivity index (χ1v) is 8.73. The third-order valence-corrected chi connectivity index (χ3v) is 4.64. The summed E-state index contributed by atoms with van der Waals surface area (Å²) < 4.78 is 10.7. The van der Waals surface area contributed by atoms with Gasteiger partial charge in [-0.15, -0.1) is 10.2 Å². The fourth-order valence-electron chi connectivity index (χ4n) is 3.11. The van der Waals surface area contributed by atoms with Crippen molar-refractivity contribution in [3.8, 4) is 11.5 Å². The fourth-order valence-corrected chi connectivity index (χ4v) is 3.11. The summed E-state index contributed by atoms with van der Waals surface area (Å²) in [6.45, 7) is 0.753. The molecule has 138 valence electrons. The Hall–Kier alpha value is -3.35. The van der Waals surface area contributed by atoms with E-state index < -0.39 is 0 Å². The molecule has 7 heteroatoms. The molecule has 0 aliphatic heterocycles. The Bertz CT molecular complexity index is 1090. The van der Waals surface area contributed by atoms with E-state index in [2.05, 4.69) is 20.2 Å². The van der Waals surface area contributed by atoms with E-state index in [1.54, 1.807) is 14.2 Å². The monoisotopic (exact) mass is 363 g/mol. The summed E-state index contributed by atoms with van der Waals surface area (Å²) in [5, 5.41) is 9.71. The van der Waals surface area contributed by atoms with E-state index in [-0.39, 0.29) is 0 Å². The van der Waals surface area contributed by atoms with E-state index in [1.807, 2.05) is 54.4 Å². The van der Waals surface area contributed by atoms with Crippen LogP contribution in [0.5, 0.6) is 11.5 Å². The number of ether oxygens (including phenoxy) is 2. The number of H-pyrrole nitrogens is 1. The molecule has 2 aromatic carbocycles. The van der Waals surface area contributed by atoms with E-state index in [4.69, 9.17) is 9.47 Å². The highest BCUT2D eigenvalue weighted by Crippen LogP contribution is 2.28. The van der Waals surface area contributed by atoms with Crippen LogP contribution < -0.4 is 14.4 Å². The van der Waals surface area contributed by atoms with Crippen molar-refractivity contribution in [1.29, 1.82) is 0 Å². The minimum absolute atomic E-state index is 0.592. The van der Waals surface area contributed by atoms with Gasteiger partial charge in [-0.05, 0) is 30.2 Å². The Morgan fingerprint density at radius 3 is 2.63 bits per heavy atom. The number of likely N-dealkylation sites (N-methyl/N-ethyl adjacent to an activating group) is 1. The predicted octanol–water partition coefficient (Wildman–Crippen LogP) is 3.20. The van der Waals surface area contributed by atoms with Gasteiger partial charge in [0, 0.05) is 24.5 Å². The van der Waals surface area contributed by atoms with Gasteiger partial charge in [-0.1, -0.05) is 24.3 Å². The van der Waals surface area contributed by atoms with Gasteiger partial charge in [-0.2, -0.15) is 4.98 Å². The van der Waals surface area contributed by atoms with Gasteiger partial charge in [0.15, 0.2) is 17.1 Å². The fraction of sp³-hybridized carbons (Fsp3) is 0.250. The van der Waals surface area contributed by atoms with Gasteiger partial charge in [0.05, 0.1) is 14.2 Å². The number of rotatable bonds is 6. The van der Waals surface area contributed by atoms with Crippen molar-refractivity contribution < 1.29 is 9.47 Å². The van der Waals surface area contributed by atoms with Crippen molar-refractivity contribution in [1.82, 2.24) is 20.2 Å². The third-order valence-electron chi connectivity index (χ3n) is 4.64. The van der Waals surface area contributed by atoms with Crippen LogP contribution in [-0.4, -0.2) is 48.0 Å². The van der Waals surface area contributed by atoms with Crippen molar-refractivity contribution in [3.63, 3.8) is 0 Å². The summed E-state index contributed by atoms with van der Waals surface area (Å²) in [6, 6.07) is 14.0. The number of nitrogens with zero attached hydrogens (tertiary/aromatic N) is 4. The molecule has 4 rings (SSSR count). The number of hydrogen-bond acceptors (Lipinski definition) is 6. The molecule has 0 bridgehead atoms. The van der Waals surface area contributed by atoms with Crippen LogP contribution >= 0.6 is 0 Å². The van der Waals surface area contributed by atoms with Crippen molar-refractivity contribution in [2.75, 3.05) is 32.7 Å². The van der Waals surface area contributed by atoms with E-state index in [9.17, 15) is 0 Å². The molecule has 0 saturated carbocycles. The predicted molar refractivity (Wildman–Crippen MR) is 106 cm³/mol. The molecule has 0 aliphatic rings. The molecule has 0 radical (unpaired) electrons. The molecule has 0 amide bonds. The molecule has 27 heavy (non-hydrogen) atoms. The average Bonchev–Trinajstić information content (AvgIpc) is 3.09. The standard InChI is InChI=1S/C20H21N5O2/c1-25(11-10-13-8-9-16(26-2)17(12-13)27-3)20-22-19-18(23-24-20)14-6-4-5-7-15(14)21-19/h4-9,12H,10-11H2,1-3H3,(H,21,22,24). The quantitative estimate of drug-likeness (QED) is 0.567. The van der Waals surface area contributed by atoms with Crippen molar-refractivity contribution in [2.24, 2.45) is 0 Å². The summed E-state index contributed by atoms with van der Waals surface area (Å²) in [4.78, 5) is 9.94. The van der Waals surface area contributed by atoms with Crippen LogP contribution in [0, 0.1) is 0 Å². The Kier molecular flexibility index (Phi) is 4.50. The first kappa shape index (κ1) is 17.1. The molecule has 2 heterocycles. The number of aromatic amines is 1. The molecule has 1 N–H and O–H groups in total. The SMILES string of the molecule is COc1ccc(CCN(C)c2nnc3c(n2)[nH]c2ccccc23)cc1OC. The highest BCUT2D eigenvalue weighted by Gasteiger charge is 2.12. The number of nitrogens with one attached hydrogen (secondary N) is 1. The first-order valence-electron chi connectivity index (χ1n) is 8.73. The summed E-state index contributed by atoms with van der Waals surface area (Å²) in [6.07, 6.45) is 0.824. The molecule has 7 nitrogen and oxygen atoms in total. The van der Waals surface area contributed by atoms with Gasteiger partial charge in [0.1, 0.15) is 5.52 Å². The van der Waals surface area contributed by atoms with Crippen LogP contribution in [0.4, 0.5) is 5.95 Å². The minimum atomic E-state index is 0.592. The number of para-hydroxylation sites is 1. The third kappa shape index (κ3) is 3.23. The summed E-state index contributed by atoms with van der Waals surface area (Å²) >= 11 is 0. The van der Waals surface area contributed by atoms with Crippen molar-refractivity contribution >= 4 is 28.0 Å². The summed E-state index contributed by atoms with van der Waals surface area (Å²) in [5.41, 5.74) is 3.71. The summed E-state index contributed by atoms with van der Waals surface area (Å²) in [5.74, 6) is 2.05. The van der Waals surface area contributed by atoms with Crippen molar-refractivity contribution in [2.45, 2.75) is 6.42 Å². The highest BCUT2D eigenvalue weighted by molar-refractivity contribution is 6.03. The molecule has 0 spiro atoms. The maximum atomic E-state index is 5.37. The lowest BCUT2D eigenvalue weighted by atomic mass is 10.1. The zero-order valence-electron chi connectivity index (χ0n) is 15.6. The van der Waals surface area contributed by atoms with Gasteiger partial charge in [-0.25, -0.2) is 0 Å². The summed E-state index contributed by atoms with van der Waals surface area (Å²) in [7, 11) is 5.24. The average molecular weight is 363 g/mol. The highest BCUT2D eigenvalue weighted by atomic mass is 16.5. The Balaban J connectivity index is 1.52. The molecule has 0 atom stereocenters. The van der Waals surface area contributed by atoms with Crippen LogP contribution in [0.2, 0.25) is 0 Å². The minimum Gasteiger partial charge on any atom is -0.493 e. The van der Waals surface area contributed by atoms with Crippen LogP contribution in [0.3, 0.4) is 0 Å². The molecule has 4 aromatic rings. The molecule has 0 fully saturated rings. The van der Waals surface area contributed by atoms with E-state index >= 15 is 0 Å². The number of hydrogen-bond donors (Lipinski definition) is 1. The molecule has 0 saturated heterocycles. The maximum Gasteiger partial charge on any atom is 0.247 e. The Morgan fingerprint density at radius 2 is 1.81 bits per heavy atom. The second-order valence-corrected chi connectivity index (χ2v) is 6.34. The molecular formula is C20H21N5O2. The number of fused-ring (bicyclic) bond motifs is 3. The zero-order valence-corrected chi connectivity index (χ0v) is 15.6.